The van der Waals surface area contributed by atoms with Crippen molar-refractivity contribution >= 4 is 15.8 Å². The van der Waals surface area contributed by atoms with Crippen LogP contribution in [0.1, 0.15) is 19.5 Å². The lowest BCUT2D eigenvalue weighted by atomic mass is 10.1. The lowest BCUT2D eigenvalue weighted by Gasteiger charge is -2.08. The van der Waals surface area contributed by atoms with Gasteiger partial charge in [-0.2, -0.15) is 5.10 Å². The van der Waals surface area contributed by atoms with E-state index in [0.717, 1.165) is 12.8 Å². The number of rotatable bonds is 6. The number of hydrogen-bond donors (Lipinski definition) is 2. The Kier molecular flexibility index (Phi) is 4.88. The van der Waals surface area contributed by atoms with E-state index in [1.807, 2.05) is 13.8 Å². The zero-order valence-electron chi connectivity index (χ0n) is 12.9. The van der Waals surface area contributed by atoms with Crippen LogP contribution in [-0.4, -0.2) is 25.7 Å². The maximum absolute atomic E-state index is 13.6. The number of ether oxygens (including phenoxy) is 1. The second kappa shape index (κ2) is 6.53. The van der Waals surface area contributed by atoms with E-state index < -0.39 is 32.3 Å². The van der Waals surface area contributed by atoms with Gasteiger partial charge in [0.25, 0.3) is 10.0 Å². The lowest BCUT2D eigenvalue weighted by molar-refractivity contribution is 0.358. The minimum absolute atomic E-state index is 0.0530. The van der Waals surface area contributed by atoms with Gasteiger partial charge >= 0.3 is 0 Å². The van der Waals surface area contributed by atoms with Crippen molar-refractivity contribution in [3.8, 4) is 5.75 Å². The average Bonchev–Trinajstić information content (AvgIpc) is 2.83. The summed E-state index contributed by atoms with van der Waals surface area (Å²) in [5, 5.41) is 6.54. The number of hydrogen-bond acceptors (Lipinski definition) is 4. The molecule has 1 aromatic carbocycles. The number of halogens is 2. The molecule has 2 aromatic rings. The largest absolute Gasteiger partial charge is 0.491 e. The summed E-state index contributed by atoms with van der Waals surface area (Å²) in [5.41, 5.74) is 0.754. The number of H-pyrrole nitrogens is 1. The van der Waals surface area contributed by atoms with Gasteiger partial charge in [0.1, 0.15) is 0 Å². The fourth-order valence-electron chi connectivity index (χ4n) is 2.04. The highest BCUT2D eigenvalue weighted by molar-refractivity contribution is 7.92. The van der Waals surface area contributed by atoms with Crippen LogP contribution in [0.15, 0.2) is 23.1 Å². The molecule has 9 heteroatoms. The summed E-state index contributed by atoms with van der Waals surface area (Å²) in [4.78, 5) is -0.554. The molecule has 0 aliphatic carbocycles. The normalized spacial score (nSPS) is 11.7. The van der Waals surface area contributed by atoms with Crippen LogP contribution in [0, 0.1) is 17.6 Å². The molecule has 0 radical (unpaired) electrons. The van der Waals surface area contributed by atoms with Crippen molar-refractivity contribution < 1.29 is 21.9 Å². The van der Waals surface area contributed by atoms with Crippen LogP contribution in [0.5, 0.6) is 5.75 Å². The quantitative estimate of drug-likeness (QED) is 0.843. The van der Waals surface area contributed by atoms with Crippen molar-refractivity contribution in [1.82, 2.24) is 10.2 Å². The summed E-state index contributed by atoms with van der Waals surface area (Å²) in [6.45, 7) is 4.02. The molecule has 0 atom stereocenters. The van der Waals surface area contributed by atoms with Crippen LogP contribution in [0.3, 0.4) is 0 Å². The summed E-state index contributed by atoms with van der Waals surface area (Å²) in [7, 11) is -3.08. The molecule has 0 spiro atoms. The summed E-state index contributed by atoms with van der Waals surface area (Å²) in [6, 6.07) is 2.91. The first-order chi connectivity index (χ1) is 10.7. The molecule has 126 valence electrons. The number of nitrogens with zero attached hydrogens (tertiary/aromatic N) is 1. The second-order valence-corrected chi connectivity index (χ2v) is 7.08. The number of sulfonamides is 1. The van der Waals surface area contributed by atoms with Gasteiger partial charge in [0.05, 0.1) is 12.0 Å². The smallest absolute Gasteiger partial charge is 0.263 e. The molecule has 0 amide bonds. The number of aromatic nitrogens is 2. The van der Waals surface area contributed by atoms with Crippen molar-refractivity contribution in [1.29, 1.82) is 0 Å². The Labute approximate surface area is 132 Å². The predicted octanol–water partition coefficient (Wildman–Crippen LogP) is 2.70. The van der Waals surface area contributed by atoms with E-state index >= 15 is 0 Å². The van der Waals surface area contributed by atoms with Crippen LogP contribution in [0.25, 0.3) is 0 Å². The molecular weight excluding hydrogens is 328 g/mol. The Morgan fingerprint density at radius 2 is 1.87 bits per heavy atom. The van der Waals surface area contributed by atoms with Gasteiger partial charge in [-0.25, -0.2) is 17.2 Å². The third-order valence-electron chi connectivity index (χ3n) is 2.98. The molecule has 0 bridgehead atoms. The summed E-state index contributed by atoms with van der Waals surface area (Å²) in [6.07, 6.45) is 0.695. The molecule has 0 saturated carbocycles. The van der Waals surface area contributed by atoms with Gasteiger partial charge in [-0.1, -0.05) is 13.8 Å². The SMILES string of the molecule is COc1c(F)cc(S(=O)(=O)Nc2cc(CC(C)C)[nH]n2)cc1F. The highest BCUT2D eigenvalue weighted by Gasteiger charge is 2.21. The van der Waals surface area contributed by atoms with Crippen LogP contribution >= 0.6 is 0 Å². The standard InChI is InChI=1S/C14H17F2N3O3S/c1-8(2)4-9-5-13(18-17-9)19-23(20,21)10-6-11(15)14(22-3)12(16)7-10/h5-8H,4H2,1-3H3,(H2,17,18,19). The van der Waals surface area contributed by atoms with Gasteiger partial charge in [-0.15, -0.1) is 0 Å². The van der Waals surface area contributed by atoms with E-state index in [0.29, 0.717) is 24.5 Å². The Morgan fingerprint density at radius 3 is 2.39 bits per heavy atom. The third kappa shape index (κ3) is 3.98. The van der Waals surface area contributed by atoms with E-state index in [2.05, 4.69) is 19.7 Å². The third-order valence-corrected chi connectivity index (χ3v) is 4.32. The molecule has 6 nitrogen and oxygen atoms in total. The molecule has 1 aromatic heterocycles. The number of anilines is 1. The van der Waals surface area contributed by atoms with Gasteiger partial charge < -0.3 is 4.74 Å². The molecular formula is C14H17F2N3O3S. The van der Waals surface area contributed by atoms with E-state index in [1.165, 1.54) is 6.07 Å². The number of methoxy groups -OCH3 is 1. The Morgan fingerprint density at radius 1 is 1.26 bits per heavy atom. The highest BCUT2D eigenvalue weighted by Crippen LogP contribution is 2.26. The van der Waals surface area contributed by atoms with Crippen molar-refractivity contribution in [3.05, 3.63) is 35.5 Å². The van der Waals surface area contributed by atoms with Crippen LogP contribution in [-0.2, 0) is 16.4 Å². The monoisotopic (exact) mass is 345 g/mol. The van der Waals surface area contributed by atoms with Gasteiger partial charge in [0, 0.05) is 11.8 Å². The summed E-state index contributed by atoms with van der Waals surface area (Å²) in [5.74, 6) is -2.42. The van der Waals surface area contributed by atoms with Gasteiger partial charge in [-0.3, -0.25) is 9.82 Å². The fraction of sp³-hybridized carbons (Fsp3) is 0.357. The summed E-state index contributed by atoms with van der Waals surface area (Å²) >= 11 is 0. The molecule has 23 heavy (non-hydrogen) atoms. The topological polar surface area (TPSA) is 84.1 Å². The minimum Gasteiger partial charge on any atom is -0.491 e. The maximum atomic E-state index is 13.6. The fourth-order valence-corrected chi connectivity index (χ4v) is 3.06. The molecule has 0 fully saturated rings. The van der Waals surface area contributed by atoms with Crippen LogP contribution < -0.4 is 9.46 Å². The number of aromatic amines is 1. The first-order valence-electron chi connectivity index (χ1n) is 6.83. The van der Waals surface area contributed by atoms with E-state index in [-0.39, 0.29) is 5.82 Å². The van der Waals surface area contributed by atoms with Gasteiger partial charge in [0.2, 0.25) is 0 Å². The molecule has 2 N–H and O–H groups in total. The second-order valence-electron chi connectivity index (χ2n) is 5.40. The first-order valence-corrected chi connectivity index (χ1v) is 8.31. The molecule has 2 rings (SSSR count). The molecule has 0 aliphatic heterocycles. The van der Waals surface area contributed by atoms with Crippen molar-refractivity contribution in [2.24, 2.45) is 5.92 Å². The highest BCUT2D eigenvalue weighted by atomic mass is 32.2. The Hall–Kier alpha value is -2.16. The van der Waals surface area contributed by atoms with Gasteiger partial charge in [-0.05, 0) is 24.5 Å². The van der Waals surface area contributed by atoms with Crippen LogP contribution in [0.4, 0.5) is 14.6 Å². The molecule has 1 heterocycles. The zero-order chi connectivity index (χ0) is 17.2. The molecule has 0 unspecified atom stereocenters. The van der Waals surface area contributed by atoms with E-state index in [4.69, 9.17) is 0 Å². The minimum atomic E-state index is -4.17. The van der Waals surface area contributed by atoms with E-state index in [1.54, 1.807) is 0 Å². The van der Waals surface area contributed by atoms with Crippen molar-refractivity contribution in [2.45, 2.75) is 25.2 Å². The van der Waals surface area contributed by atoms with E-state index in [9.17, 15) is 17.2 Å². The summed E-state index contributed by atoms with van der Waals surface area (Å²) < 4.78 is 58.4. The number of nitrogens with one attached hydrogen (secondary N) is 2. The molecule has 0 aliphatic rings. The first kappa shape index (κ1) is 17.2. The number of benzene rings is 1. The maximum Gasteiger partial charge on any atom is 0.263 e. The predicted molar refractivity (Wildman–Crippen MR) is 80.8 cm³/mol. The Balaban J connectivity index is 2.27. The van der Waals surface area contributed by atoms with Crippen molar-refractivity contribution in [2.75, 3.05) is 11.8 Å². The Bertz CT molecular complexity index is 780. The lowest BCUT2D eigenvalue weighted by Crippen LogP contribution is -2.14. The van der Waals surface area contributed by atoms with Crippen LogP contribution in [0.2, 0.25) is 0 Å². The molecule has 0 saturated heterocycles. The average molecular weight is 345 g/mol. The van der Waals surface area contributed by atoms with Crippen molar-refractivity contribution in [3.63, 3.8) is 0 Å². The zero-order valence-corrected chi connectivity index (χ0v) is 13.7. The van der Waals surface area contributed by atoms with Gasteiger partial charge in [0.15, 0.2) is 23.2 Å².